The maximum Gasteiger partial charge on any atom is 0.397 e. The van der Waals surface area contributed by atoms with E-state index in [0.717, 1.165) is 11.1 Å². The maximum atomic E-state index is 13.0. The molecule has 8 nitrogen and oxygen atoms in total. The number of hydrogen-bond donors (Lipinski definition) is 2. The lowest BCUT2D eigenvalue weighted by molar-refractivity contribution is -0.162. The van der Waals surface area contributed by atoms with Gasteiger partial charge in [-0.15, -0.1) is 0 Å². The first-order chi connectivity index (χ1) is 18.6. The van der Waals surface area contributed by atoms with Crippen LogP contribution in [0.25, 0.3) is 22.2 Å². The number of anilines is 2. The Bertz CT molecular complexity index is 1460. The number of aromatic nitrogens is 4. The molecule has 13 heteroatoms. The van der Waals surface area contributed by atoms with Crippen LogP contribution in [-0.4, -0.2) is 68.0 Å². The second-order valence-electron chi connectivity index (χ2n) is 9.21. The van der Waals surface area contributed by atoms with Gasteiger partial charge in [-0.25, -0.2) is 18.7 Å². The van der Waals surface area contributed by atoms with E-state index in [1.54, 1.807) is 24.4 Å². The van der Waals surface area contributed by atoms with Crippen LogP contribution in [-0.2, 0) is 11.3 Å². The lowest BCUT2D eigenvalue weighted by Gasteiger charge is -2.35. The zero-order chi connectivity index (χ0) is 27.6. The Balaban J connectivity index is 1.22. The summed E-state index contributed by atoms with van der Waals surface area (Å²) in [6.45, 7) is 1.98. The van der Waals surface area contributed by atoms with Crippen LogP contribution in [0.15, 0.2) is 54.9 Å². The van der Waals surface area contributed by atoms with Gasteiger partial charge in [0.15, 0.2) is 0 Å². The molecule has 1 aliphatic heterocycles. The first-order valence-electron chi connectivity index (χ1n) is 12.2. The van der Waals surface area contributed by atoms with Crippen molar-refractivity contribution in [2.45, 2.75) is 25.6 Å². The first kappa shape index (κ1) is 26.5. The molecule has 4 heterocycles. The SMILES string of the molecule is O=C(CC(F)(F)F)N1CCN(Cc2ccnc(Nc3nc4ccc(-c5ccnc(C(F)F)c5)cc4[nH]3)c2)CC1. The van der Waals surface area contributed by atoms with Crippen molar-refractivity contribution in [3.8, 4) is 11.1 Å². The molecular weight excluding hydrogens is 521 g/mol. The second-order valence-corrected chi connectivity index (χ2v) is 9.21. The average Bonchev–Trinajstić information content (AvgIpc) is 3.30. The number of piperazine rings is 1. The fraction of sp³-hybridized carbons (Fsp3) is 0.308. The number of rotatable bonds is 7. The van der Waals surface area contributed by atoms with Crippen LogP contribution in [0.3, 0.4) is 0 Å². The number of amides is 1. The number of alkyl halides is 5. The molecule has 5 rings (SSSR count). The summed E-state index contributed by atoms with van der Waals surface area (Å²) < 4.78 is 63.6. The van der Waals surface area contributed by atoms with Gasteiger partial charge >= 0.3 is 6.18 Å². The lowest BCUT2D eigenvalue weighted by atomic mass is 10.1. The van der Waals surface area contributed by atoms with E-state index in [1.165, 1.54) is 17.2 Å². The number of nitrogens with one attached hydrogen (secondary N) is 2. The minimum Gasteiger partial charge on any atom is -0.340 e. The van der Waals surface area contributed by atoms with Gasteiger partial charge in [-0.2, -0.15) is 13.2 Å². The van der Waals surface area contributed by atoms with Crippen molar-refractivity contribution >= 4 is 28.7 Å². The molecule has 1 fully saturated rings. The lowest BCUT2D eigenvalue weighted by Crippen LogP contribution is -2.49. The third kappa shape index (κ3) is 6.66. The van der Waals surface area contributed by atoms with Crippen molar-refractivity contribution in [1.82, 2.24) is 29.7 Å². The van der Waals surface area contributed by atoms with Gasteiger partial charge in [0.25, 0.3) is 6.43 Å². The number of hydrogen-bond acceptors (Lipinski definition) is 6. The summed E-state index contributed by atoms with van der Waals surface area (Å²) in [7, 11) is 0. The molecule has 0 unspecified atom stereocenters. The highest BCUT2D eigenvalue weighted by Gasteiger charge is 2.34. The third-order valence-corrected chi connectivity index (χ3v) is 6.37. The Morgan fingerprint density at radius 1 is 0.974 bits per heavy atom. The summed E-state index contributed by atoms with van der Waals surface area (Å²) in [5, 5.41) is 3.13. The number of pyridine rings is 2. The Morgan fingerprint density at radius 2 is 1.72 bits per heavy atom. The molecule has 0 radical (unpaired) electrons. The number of fused-ring (bicyclic) bond motifs is 1. The number of benzene rings is 1. The highest BCUT2D eigenvalue weighted by molar-refractivity contribution is 5.84. The Hall–Kier alpha value is -4.13. The van der Waals surface area contributed by atoms with Crippen LogP contribution in [0.2, 0.25) is 0 Å². The summed E-state index contributed by atoms with van der Waals surface area (Å²) in [6, 6.07) is 12.1. The molecule has 204 valence electrons. The van der Waals surface area contributed by atoms with Crippen LogP contribution < -0.4 is 5.32 Å². The van der Waals surface area contributed by atoms with Crippen molar-refractivity contribution in [2.75, 3.05) is 31.5 Å². The minimum absolute atomic E-state index is 0.245. The molecule has 1 aliphatic rings. The van der Waals surface area contributed by atoms with Gasteiger partial charge < -0.3 is 15.2 Å². The molecule has 1 saturated heterocycles. The predicted octanol–water partition coefficient (Wildman–Crippen LogP) is 5.30. The fourth-order valence-electron chi connectivity index (χ4n) is 4.45. The van der Waals surface area contributed by atoms with Crippen molar-refractivity contribution in [2.24, 2.45) is 0 Å². The first-order valence-corrected chi connectivity index (χ1v) is 12.2. The van der Waals surface area contributed by atoms with Crippen molar-refractivity contribution in [3.63, 3.8) is 0 Å². The van der Waals surface area contributed by atoms with Crippen LogP contribution >= 0.6 is 0 Å². The van der Waals surface area contributed by atoms with E-state index in [9.17, 15) is 26.7 Å². The quantitative estimate of drug-likeness (QED) is 0.307. The molecule has 4 aromatic rings. The molecule has 0 aliphatic carbocycles. The van der Waals surface area contributed by atoms with Gasteiger partial charge in [0, 0.05) is 45.1 Å². The Morgan fingerprint density at radius 3 is 2.46 bits per heavy atom. The van der Waals surface area contributed by atoms with Gasteiger partial charge in [-0.3, -0.25) is 14.7 Å². The maximum absolute atomic E-state index is 13.0. The number of halogens is 5. The highest BCUT2D eigenvalue weighted by Crippen LogP contribution is 2.28. The zero-order valence-electron chi connectivity index (χ0n) is 20.6. The molecule has 39 heavy (non-hydrogen) atoms. The van der Waals surface area contributed by atoms with Gasteiger partial charge in [-0.1, -0.05) is 6.07 Å². The number of aromatic amines is 1. The van der Waals surface area contributed by atoms with Crippen LogP contribution in [0.1, 0.15) is 24.1 Å². The van der Waals surface area contributed by atoms with E-state index in [1.807, 2.05) is 18.2 Å². The Kier molecular flexibility index (Phi) is 7.42. The number of carbonyl (C=O) groups excluding carboxylic acids is 1. The van der Waals surface area contributed by atoms with Crippen LogP contribution in [0, 0.1) is 0 Å². The van der Waals surface area contributed by atoms with Gasteiger partial charge in [-0.05, 0) is 53.1 Å². The number of H-pyrrole nitrogens is 1. The van der Waals surface area contributed by atoms with E-state index in [-0.39, 0.29) is 18.8 Å². The fourth-order valence-corrected chi connectivity index (χ4v) is 4.45. The van der Waals surface area contributed by atoms with E-state index in [0.29, 0.717) is 48.0 Å². The normalized spacial score (nSPS) is 14.8. The van der Waals surface area contributed by atoms with Crippen molar-refractivity contribution in [3.05, 3.63) is 66.1 Å². The summed E-state index contributed by atoms with van der Waals surface area (Å²) in [4.78, 5) is 30.9. The summed E-state index contributed by atoms with van der Waals surface area (Å²) >= 11 is 0. The van der Waals surface area contributed by atoms with Gasteiger partial charge in [0.2, 0.25) is 11.9 Å². The molecule has 0 bridgehead atoms. The molecule has 0 spiro atoms. The molecule has 0 saturated carbocycles. The van der Waals surface area contributed by atoms with Crippen LogP contribution in [0.4, 0.5) is 33.7 Å². The van der Waals surface area contributed by atoms with E-state index in [4.69, 9.17) is 0 Å². The predicted molar refractivity (Wildman–Crippen MR) is 134 cm³/mol. The molecular formula is C26H24F5N7O. The monoisotopic (exact) mass is 545 g/mol. The second kappa shape index (κ2) is 10.9. The van der Waals surface area contributed by atoms with Crippen molar-refractivity contribution in [1.29, 1.82) is 0 Å². The topological polar surface area (TPSA) is 90.0 Å². The smallest absolute Gasteiger partial charge is 0.340 e. The van der Waals surface area contributed by atoms with Gasteiger partial charge in [0.05, 0.1) is 11.0 Å². The molecule has 1 aromatic carbocycles. The molecule has 1 amide bonds. The number of carbonyl (C=O) groups is 1. The standard InChI is InChI=1S/C26H24F5N7O/c27-24(28)21-13-18(4-6-32-21)17-1-2-19-20(12-17)35-25(34-19)36-22-11-16(3-5-33-22)15-37-7-9-38(10-8-37)23(39)14-26(29,30)31/h1-6,11-13,24H,7-10,14-15H2,(H2,33,34,35,36). The summed E-state index contributed by atoms with van der Waals surface area (Å²) in [5.74, 6) is 0.0993. The highest BCUT2D eigenvalue weighted by atomic mass is 19.4. The van der Waals surface area contributed by atoms with Gasteiger partial charge in [0.1, 0.15) is 17.9 Å². The largest absolute Gasteiger partial charge is 0.397 e. The summed E-state index contributed by atoms with van der Waals surface area (Å²) in [6.07, 6.45) is -5.59. The van der Waals surface area contributed by atoms with Crippen molar-refractivity contribution < 1.29 is 26.7 Å². The van der Waals surface area contributed by atoms with E-state index in [2.05, 4.69) is 30.2 Å². The molecule has 0 atom stereocenters. The number of nitrogens with zero attached hydrogens (tertiary/aromatic N) is 5. The zero-order valence-corrected chi connectivity index (χ0v) is 20.6. The van der Waals surface area contributed by atoms with E-state index < -0.39 is 24.9 Å². The summed E-state index contributed by atoms with van der Waals surface area (Å²) in [5.41, 5.74) is 3.39. The molecule has 3 aromatic heterocycles. The minimum atomic E-state index is -4.50. The molecule has 2 N–H and O–H groups in total. The third-order valence-electron chi connectivity index (χ3n) is 6.37. The number of imidazole rings is 1. The Labute approximate surface area is 219 Å². The van der Waals surface area contributed by atoms with E-state index >= 15 is 0 Å². The van der Waals surface area contributed by atoms with Crippen LogP contribution in [0.5, 0.6) is 0 Å². The average molecular weight is 546 g/mol.